The molecule has 2 aromatic rings. The largest absolute Gasteiger partial charge is 0.353 e. The molecule has 0 amide bonds. The second-order valence-electron chi connectivity index (χ2n) is 7.34. The molecule has 1 unspecified atom stereocenters. The number of aryl methyl sites for hydroxylation is 2. The van der Waals surface area contributed by atoms with Crippen LogP contribution in [0.5, 0.6) is 0 Å². The topological polar surface area (TPSA) is 18.5 Å². The van der Waals surface area contributed by atoms with Gasteiger partial charge >= 0.3 is 0 Å². The number of allylic oxidation sites excluding steroid dienone is 1. The van der Waals surface area contributed by atoms with E-state index in [1.807, 2.05) is 0 Å². The average Bonchev–Trinajstić information content (AvgIpc) is 2.72. The van der Waals surface area contributed by atoms with E-state index in [0.29, 0.717) is 0 Å². The van der Waals surface area contributed by atoms with Gasteiger partial charge in [0.2, 0.25) is 0 Å². The molecule has 2 nitrogen and oxygen atoms in total. The SMILES string of the molecule is C1=C(c2ccccc2)CCc2cc(CCCOC3CCCCO3)ccc21. The number of hydrogen-bond donors (Lipinski definition) is 0. The van der Waals surface area contributed by atoms with Crippen molar-refractivity contribution in [2.75, 3.05) is 13.2 Å². The first-order chi connectivity index (χ1) is 12.9. The van der Waals surface area contributed by atoms with E-state index >= 15 is 0 Å². The molecule has 1 saturated heterocycles. The van der Waals surface area contributed by atoms with Crippen molar-refractivity contribution in [3.8, 4) is 0 Å². The fourth-order valence-corrected chi connectivity index (χ4v) is 3.91. The molecule has 1 atom stereocenters. The summed E-state index contributed by atoms with van der Waals surface area (Å²) in [5.74, 6) is 0. The summed E-state index contributed by atoms with van der Waals surface area (Å²) in [7, 11) is 0. The molecule has 1 aliphatic carbocycles. The lowest BCUT2D eigenvalue weighted by Gasteiger charge is -2.22. The Morgan fingerprint density at radius 1 is 1.00 bits per heavy atom. The Labute approximate surface area is 156 Å². The second-order valence-corrected chi connectivity index (χ2v) is 7.34. The van der Waals surface area contributed by atoms with Gasteiger partial charge in [0, 0.05) is 6.61 Å². The minimum absolute atomic E-state index is 0.0360. The van der Waals surface area contributed by atoms with Crippen LogP contribution in [0.2, 0.25) is 0 Å². The van der Waals surface area contributed by atoms with Gasteiger partial charge in [-0.15, -0.1) is 0 Å². The lowest BCUT2D eigenvalue weighted by Crippen LogP contribution is -2.22. The maximum Gasteiger partial charge on any atom is 0.157 e. The van der Waals surface area contributed by atoms with E-state index < -0.39 is 0 Å². The van der Waals surface area contributed by atoms with Gasteiger partial charge in [0.05, 0.1) is 6.61 Å². The van der Waals surface area contributed by atoms with Crippen molar-refractivity contribution >= 4 is 11.6 Å². The Bertz CT molecular complexity index is 742. The third-order valence-electron chi connectivity index (χ3n) is 5.40. The van der Waals surface area contributed by atoms with Crippen molar-refractivity contribution in [3.05, 3.63) is 70.8 Å². The molecule has 1 heterocycles. The normalized spacial score (nSPS) is 19.7. The minimum atomic E-state index is 0.0360. The summed E-state index contributed by atoms with van der Waals surface area (Å²) in [6, 6.07) is 17.7. The summed E-state index contributed by atoms with van der Waals surface area (Å²) in [4.78, 5) is 0. The lowest BCUT2D eigenvalue weighted by atomic mass is 9.87. The van der Waals surface area contributed by atoms with Crippen molar-refractivity contribution in [2.45, 2.75) is 51.2 Å². The Hall–Kier alpha value is -1.90. The third kappa shape index (κ3) is 4.44. The van der Waals surface area contributed by atoms with Crippen LogP contribution in [0, 0.1) is 0 Å². The highest BCUT2D eigenvalue weighted by molar-refractivity contribution is 5.84. The molecule has 0 saturated carbocycles. The fraction of sp³-hybridized carbons (Fsp3) is 0.417. The molecule has 2 heteroatoms. The first-order valence-corrected chi connectivity index (χ1v) is 9.99. The standard InChI is InChI=1S/C24H28O2/c1-2-8-20(9-3-1)22-14-13-21-17-19(11-12-23(21)18-22)7-6-16-26-24-10-4-5-15-25-24/h1-3,8-9,11-12,17-18,24H,4-7,10,13-16H2. The Kier molecular flexibility index (Phi) is 5.83. The molecule has 0 aromatic heterocycles. The van der Waals surface area contributed by atoms with Crippen LogP contribution in [-0.2, 0) is 22.3 Å². The number of fused-ring (bicyclic) bond motifs is 1. The van der Waals surface area contributed by atoms with Gasteiger partial charge in [0.25, 0.3) is 0 Å². The van der Waals surface area contributed by atoms with Gasteiger partial charge < -0.3 is 9.47 Å². The highest BCUT2D eigenvalue weighted by Crippen LogP contribution is 2.31. The van der Waals surface area contributed by atoms with Crippen LogP contribution in [0.1, 0.15) is 54.4 Å². The molecule has 0 spiro atoms. The van der Waals surface area contributed by atoms with Gasteiger partial charge in [0.15, 0.2) is 6.29 Å². The summed E-state index contributed by atoms with van der Waals surface area (Å²) in [6.07, 6.45) is 10.3. The average molecular weight is 348 g/mol. The predicted octanol–water partition coefficient (Wildman–Crippen LogP) is 5.65. The monoisotopic (exact) mass is 348 g/mol. The summed E-state index contributed by atoms with van der Waals surface area (Å²) in [5.41, 5.74) is 7.09. The van der Waals surface area contributed by atoms with E-state index in [-0.39, 0.29) is 6.29 Å². The molecule has 4 rings (SSSR count). The molecule has 1 fully saturated rings. The maximum absolute atomic E-state index is 5.85. The molecule has 1 aliphatic heterocycles. The first-order valence-electron chi connectivity index (χ1n) is 9.99. The predicted molar refractivity (Wildman–Crippen MR) is 107 cm³/mol. The number of hydrogen-bond acceptors (Lipinski definition) is 2. The van der Waals surface area contributed by atoms with Gasteiger partial charge in [-0.1, -0.05) is 54.6 Å². The van der Waals surface area contributed by atoms with Crippen molar-refractivity contribution in [2.24, 2.45) is 0 Å². The van der Waals surface area contributed by atoms with E-state index in [4.69, 9.17) is 9.47 Å². The summed E-state index contributed by atoms with van der Waals surface area (Å²) >= 11 is 0. The van der Waals surface area contributed by atoms with Crippen molar-refractivity contribution in [3.63, 3.8) is 0 Å². The minimum Gasteiger partial charge on any atom is -0.353 e. The number of benzene rings is 2. The summed E-state index contributed by atoms with van der Waals surface area (Å²) in [6.45, 7) is 1.65. The van der Waals surface area contributed by atoms with Crippen molar-refractivity contribution in [1.29, 1.82) is 0 Å². The molecule has 2 aliphatic rings. The summed E-state index contributed by atoms with van der Waals surface area (Å²) < 4.78 is 11.5. The Morgan fingerprint density at radius 2 is 1.92 bits per heavy atom. The van der Waals surface area contributed by atoms with Gasteiger partial charge in [-0.05, 0) is 72.8 Å². The van der Waals surface area contributed by atoms with Crippen LogP contribution < -0.4 is 0 Å². The van der Waals surface area contributed by atoms with E-state index in [2.05, 4.69) is 54.6 Å². The van der Waals surface area contributed by atoms with E-state index in [1.165, 1.54) is 40.7 Å². The molecule has 2 aromatic carbocycles. The van der Waals surface area contributed by atoms with Crippen LogP contribution in [0.4, 0.5) is 0 Å². The fourth-order valence-electron chi connectivity index (χ4n) is 3.91. The van der Waals surface area contributed by atoms with Gasteiger partial charge in [-0.25, -0.2) is 0 Å². The third-order valence-corrected chi connectivity index (χ3v) is 5.40. The van der Waals surface area contributed by atoms with Crippen LogP contribution in [0.3, 0.4) is 0 Å². The lowest BCUT2D eigenvalue weighted by molar-refractivity contribution is -0.162. The van der Waals surface area contributed by atoms with Gasteiger partial charge in [-0.3, -0.25) is 0 Å². The zero-order valence-electron chi connectivity index (χ0n) is 15.5. The maximum atomic E-state index is 5.85. The highest BCUT2D eigenvalue weighted by atomic mass is 16.7. The highest BCUT2D eigenvalue weighted by Gasteiger charge is 2.14. The molecule has 0 bridgehead atoms. The van der Waals surface area contributed by atoms with Crippen LogP contribution in [-0.4, -0.2) is 19.5 Å². The first kappa shape index (κ1) is 17.5. The van der Waals surface area contributed by atoms with Gasteiger partial charge in [0.1, 0.15) is 0 Å². The van der Waals surface area contributed by atoms with Crippen LogP contribution in [0.25, 0.3) is 11.6 Å². The van der Waals surface area contributed by atoms with Crippen molar-refractivity contribution < 1.29 is 9.47 Å². The molecule has 0 N–H and O–H groups in total. The smallest absolute Gasteiger partial charge is 0.157 e. The zero-order valence-corrected chi connectivity index (χ0v) is 15.5. The van der Waals surface area contributed by atoms with E-state index in [0.717, 1.165) is 45.3 Å². The van der Waals surface area contributed by atoms with Gasteiger partial charge in [-0.2, -0.15) is 0 Å². The second kappa shape index (κ2) is 8.66. The van der Waals surface area contributed by atoms with E-state index in [9.17, 15) is 0 Å². The van der Waals surface area contributed by atoms with E-state index in [1.54, 1.807) is 0 Å². The van der Waals surface area contributed by atoms with Crippen LogP contribution in [0.15, 0.2) is 48.5 Å². The molecule has 136 valence electrons. The molecular weight excluding hydrogens is 320 g/mol. The number of rotatable bonds is 6. The summed E-state index contributed by atoms with van der Waals surface area (Å²) in [5, 5.41) is 0. The zero-order chi connectivity index (χ0) is 17.6. The van der Waals surface area contributed by atoms with Crippen LogP contribution >= 0.6 is 0 Å². The van der Waals surface area contributed by atoms with Crippen molar-refractivity contribution in [1.82, 2.24) is 0 Å². The molecule has 0 radical (unpaired) electrons. The molecule has 26 heavy (non-hydrogen) atoms. The molecular formula is C24H28O2. The quantitative estimate of drug-likeness (QED) is 0.628. The Balaban J connectivity index is 1.32. The Morgan fingerprint density at radius 3 is 2.77 bits per heavy atom. The number of ether oxygens (including phenoxy) is 2.